The third kappa shape index (κ3) is 8.48. The van der Waals surface area contributed by atoms with Crippen LogP contribution in [0.3, 0.4) is 0 Å². The highest BCUT2D eigenvalue weighted by atomic mass is 32.2. The fourth-order valence-corrected chi connectivity index (χ4v) is 5.15. The van der Waals surface area contributed by atoms with E-state index in [2.05, 4.69) is 0 Å². The molecule has 0 aliphatic heterocycles. The number of hydrogen-bond donors (Lipinski definition) is 1. The minimum atomic E-state index is -4.83. The Kier molecular flexibility index (Phi) is 9.40. The van der Waals surface area contributed by atoms with E-state index in [4.69, 9.17) is 4.74 Å². The monoisotopic (exact) mass is 571 g/mol. The quantitative estimate of drug-likeness (QED) is 0.223. The van der Waals surface area contributed by atoms with Crippen LogP contribution in [0.2, 0.25) is 0 Å². The van der Waals surface area contributed by atoms with Crippen molar-refractivity contribution in [3.63, 3.8) is 0 Å². The first-order valence-corrected chi connectivity index (χ1v) is 14.0. The molecule has 0 aliphatic rings. The van der Waals surface area contributed by atoms with Gasteiger partial charge in [0.1, 0.15) is 17.4 Å². The Labute approximate surface area is 224 Å². The number of nitrogens with zero attached hydrogens (tertiary/aromatic N) is 1. The molecule has 0 aromatic heterocycles. The molecule has 0 unspecified atom stereocenters. The molecule has 0 bridgehead atoms. The maximum atomic E-state index is 14.7. The fraction of sp³-hybridized carbons (Fsp3) is 0.357. The Morgan fingerprint density at radius 3 is 2.18 bits per heavy atom. The average Bonchev–Trinajstić information content (AvgIpc) is 2.82. The highest BCUT2D eigenvalue weighted by molar-refractivity contribution is 7.90. The molecule has 0 atom stereocenters. The summed E-state index contributed by atoms with van der Waals surface area (Å²) in [7, 11) is -3.66. The van der Waals surface area contributed by atoms with Crippen molar-refractivity contribution in [1.82, 2.24) is 4.90 Å². The van der Waals surface area contributed by atoms with Gasteiger partial charge in [-0.25, -0.2) is 17.2 Å². The van der Waals surface area contributed by atoms with Crippen LogP contribution in [0.1, 0.15) is 42.5 Å². The van der Waals surface area contributed by atoms with E-state index >= 15 is 0 Å². The normalized spacial score (nSPS) is 12.7. The summed E-state index contributed by atoms with van der Waals surface area (Å²) in [6, 6.07) is 13.1. The van der Waals surface area contributed by atoms with Gasteiger partial charge in [-0.2, -0.15) is 13.2 Å². The lowest BCUT2D eigenvalue weighted by molar-refractivity contribution is -0.140. The fourth-order valence-electron chi connectivity index (χ4n) is 4.11. The van der Waals surface area contributed by atoms with Crippen molar-refractivity contribution in [2.75, 3.05) is 19.4 Å². The molecule has 3 aromatic rings. The van der Waals surface area contributed by atoms with Gasteiger partial charge in [0.25, 0.3) is 0 Å². The molecule has 212 valence electrons. The minimum absolute atomic E-state index is 0.0644. The molecule has 0 spiro atoms. The van der Waals surface area contributed by atoms with Crippen molar-refractivity contribution in [2.24, 2.45) is 0 Å². The Hall–Kier alpha value is -3.02. The third-order valence-corrected chi connectivity index (χ3v) is 7.13. The summed E-state index contributed by atoms with van der Waals surface area (Å²) >= 11 is 0. The molecule has 11 heteroatoms. The summed E-state index contributed by atoms with van der Waals surface area (Å²) < 4.78 is 97.9. The number of alkyl halides is 3. The van der Waals surface area contributed by atoms with Crippen LogP contribution >= 0.6 is 0 Å². The highest BCUT2D eigenvalue weighted by Crippen LogP contribution is 2.33. The lowest BCUT2D eigenvalue weighted by atomic mass is 9.98. The van der Waals surface area contributed by atoms with Gasteiger partial charge in [0, 0.05) is 37.0 Å². The van der Waals surface area contributed by atoms with E-state index in [1.54, 1.807) is 4.90 Å². The first-order chi connectivity index (χ1) is 18.1. The number of aliphatic hydroxyl groups is 1. The van der Waals surface area contributed by atoms with Crippen LogP contribution in [-0.2, 0) is 34.7 Å². The van der Waals surface area contributed by atoms with Crippen LogP contribution in [0.4, 0.5) is 22.0 Å². The SMILES string of the molecule is CC(C)(O)c1ccc(OCCCN(Cc2ccc(F)cc2)Cc2cccc(C(F)(F)F)c2F)cc1S(C)(=O)=O. The van der Waals surface area contributed by atoms with Crippen LogP contribution in [0.15, 0.2) is 65.6 Å². The van der Waals surface area contributed by atoms with Crippen molar-refractivity contribution in [3.05, 3.63) is 94.6 Å². The Bertz CT molecular complexity index is 1380. The summed E-state index contributed by atoms with van der Waals surface area (Å²) in [4.78, 5) is 1.65. The summed E-state index contributed by atoms with van der Waals surface area (Å²) in [5.41, 5.74) is -1.96. The summed E-state index contributed by atoms with van der Waals surface area (Å²) in [6.45, 7) is 3.44. The lowest BCUT2D eigenvalue weighted by Gasteiger charge is -2.24. The number of halogens is 5. The van der Waals surface area contributed by atoms with Crippen molar-refractivity contribution < 1.29 is 40.2 Å². The second-order valence-corrected chi connectivity index (χ2v) is 11.8. The summed E-state index contributed by atoms with van der Waals surface area (Å²) in [6.07, 6.45) is -3.44. The first-order valence-electron chi connectivity index (χ1n) is 12.1. The molecule has 0 radical (unpaired) electrons. The van der Waals surface area contributed by atoms with E-state index in [0.29, 0.717) is 18.1 Å². The number of benzene rings is 3. The van der Waals surface area contributed by atoms with Crippen LogP contribution in [0.5, 0.6) is 5.75 Å². The molecule has 0 amide bonds. The second kappa shape index (κ2) is 12.0. The Morgan fingerprint density at radius 1 is 0.923 bits per heavy atom. The van der Waals surface area contributed by atoms with Crippen molar-refractivity contribution in [3.8, 4) is 5.75 Å². The van der Waals surface area contributed by atoms with Crippen LogP contribution in [0, 0.1) is 11.6 Å². The predicted molar refractivity (Wildman–Crippen MR) is 137 cm³/mol. The number of sulfone groups is 1. The summed E-state index contributed by atoms with van der Waals surface area (Å²) in [5.74, 6) is -1.52. The number of rotatable bonds is 11. The standard InChI is InChI=1S/C28H30F5NO4S/c1-27(2,35)23-13-12-22(16-25(23)39(3,36)37)38-15-5-14-34(17-19-8-10-21(29)11-9-19)18-20-6-4-7-24(26(20)30)28(31,32)33/h4,6-13,16,35H,5,14-15,17-18H2,1-3H3. The van der Waals surface area contributed by atoms with Crippen molar-refractivity contribution >= 4 is 9.84 Å². The van der Waals surface area contributed by atoms with E-state index < -0.39 is 38.8 Å². The van der Waals surface area contributed by atoms with Gasteiger partial charge >= 0.3 is 6.18 Å². The van der Waals surface area contributed by atoms with Gasteiger partial charge < -0.3 is 9.84 Å². The molecular weight excluding hydrogens is 541 g/mol. The van der Waals surface area contributed by atoms with E-state index in [1.165, 1.54) is 62.4 Å². The molecule has 0 aliphatic carbocycles. The van der Waals surface area contributed by atoms with E-state index in [9.17, 15) is 35.5 Å². The van der Waals surface area contributed by atoms with E-state index in [-0.39, 0.29) is 48.0 Å². The smallest absolute Gasteiger partial charge is 0.419 e. The van der Waals surface area contributed by atoms with E-state index in [0.717, 1.165) is 12.3 Å². The van der Waals surface area contributed by atoms with Crippen LogP contribution in [0.25, 0.3) is 0 Å². The molecule has 0 fully saturated rings. The largest absolute Gasteiger partial charge is 0.494 e. The zero-order valence-corrected chi connectivity index (χ0v) is 22.5. The molecule has 1 N–H and O–H groups in total. The zero-order valence-electron chi connectivity index (χ0n) is 21.7. The zero-order chi connectivity index (χ0) is 29.0. The average molecular weight is 572 g/mol. The van der Waals surface area contributed by atoms with Gasteiger partial charge in [-0.3, -0.25) is 4.90 Å². The van der Waals surface area contributed by atoms with Gasteiger partial charge in [-0.15, -0.1) is 0 Å². The maximum absolute atomic E-state index is 14.7. The third-order valence-electron chi connectivity index (χ3n) is 6.00. The highest BCUT2D eigenvalue weighted by Gasteiger charge is 2.35. The Morgan fingerprint density at radius 2 is 1.59 bits per heavy atom. The molecule has 3 rings (SSSR count). The molecule has 0 saturated carbocycles. The van der Waals surface area contributed by atoms with Crippen molar-refractivity contribution in [2.45, 2.75) is 50.0 Å². The molecule has 39 heavy (non-hydrogen) atoms. The van der Waals surface area contributed by atoms with Gasteiger partial charge in [0.2, 0.25) is 0 Å². The topological polar surface area (TPSA) is 66.8 Å². The summed E-state index contributed by atoms with van der Waals surface area (Å²) in [5, 5.41) is 10.3. The van der Waals surface area contributed by atoms with Gasteiger partial charge in [-0.05, 0) is 56.2 Å². The van der Waals surface area contributed by atoms with Crippen molar-refractivity contribution in [1.29, 1.82) is 0 Å². The molecule has 5 nitrogen and oxygen atoms in total. The van der Waals surface area contributed by atoms with E-state index in [1.807, 2.05) is 0 Å². The number of hydrogen-bond acceptors (Lipinski definition) is 5. The maximum Gasteiger partial charge on any atom is 0.419 e. The van der Waals surface area contributed by atoms with Crippen LogP contribution < -0.4 is 4.74 Å². The molecule has 0 saturated heterocycles. The molecule has 0 heterocycles. The lowest BCUT2D eigenvalue weighted by Crippen LogP contribution is -2.26. The minimum Gasteiger partial charge on any atom is -0.494 e. The first kappa shape index (κ1) is 30.5. The van der Waals surface area contributed by atoms with Crippen LogP contribution in [-0.4, -0.2) is 37.8 Å². The Balaban J connectivity index is 1.75. The number of ether oxygens (including phenoxy) is 1. The molecular formula is C28H30F5NO4S. The van der Waals surface area contributed by atoms with Gasteiger partial charge in [0.05, 0.1) is 22.7 Å². The molecule has 3 aromatic carbocycles. The van der Waals surface area contributed by atoms with Gasteiger partial charge in [0.15, 0.2) is 9.84 Å². The predicted octanol–water partition coefficient (Wildman–Crippen LogP) is 6.09. The second-order valence-electron chi connectivity index (χ2n) is 9.80. The van der Waals surface area contributed by atoms with Gasteiger partial charge in [-0.1, -0.05) is 30.3 Å².